The number of carboxylic acid groups (broad SMARTS) is 1. The van der Waals surface area contributed by atoms with E-state index in [2.05, 4.69) is 25.2 Å². The lowest BCUT2D eigenvalue weighted by Gasteiger charge is -2.33. The van der Waals surface area contributed by atoms with Crippen LogP contribution in [-0.4, -0.2) is 48.1 Å². The summed E-state index contributed by atoms with van der Waals surface area (Å²) in [4.78, 5) is 26.0. The first-order valence-electron chi connectivity index (χ1n) is 9.47. The van der Waals surface area contributed by atoms with Crippen LogP contribution in [0.25, 0.3) is 0 Å². The first kappa shape index (κ1) is 24.4. The van der Waals surface area contributed by atoms with E-state index in [0.717, 1.165) is 0 Å². The van der Waals surface area contributed by atoms with Crippen molar-refractivity contribution in [1.82, 2.24) is 10.2 Å². The molecule has 2 N–H and O–H groups in total. The minimum Gasteiger partial charge on any atom is -0.478 e. The minimum atomic E-state index is -0.953. The Morgan fingerprint density at radius 1 is 0.962 bits per heavy atom. The van der Waals surface area contributed by atoms with Crippen LogP contribution in [0.5, 0.6) is 0 Å². The van der Waals surface area contributed by atoms with Gasteiger partial charge in [-0.2, -0.15) is 0 Å². The zero-order valence-corrected chi connectivity index (χ0v) is 17.9. The summed E-state index contributed by atoms with van der Waals surface area (Å²) >= 11 is 0. The van der Waals surface area contributed by atoms with Gasteiger partial charge in [0.15, 0.2) is 0 Å². The highest BCUT2D eigenvalue weighted by molar-refractivity contribution is 5.86. The molecule has 0 rings (SSSR count). The van der Waals surface area contributed by atoms with Crippen molar-refractivity contribution in [3.8, 4) is 0 Å². The van der Waals surface area contributed by atoms with E-state index in [4.69, 9.17) is 5.11 Å². The zero-order chi connectivity index (χ0) is 20.6. The predicted octanol–water partition coefficient (Wildman–Crippen LogP) is 3.57. The van der Waals surface area contributed by atoms with E-state index in [1.54, 1.807) is 24.9 Å². The second kappa shape index (κ2) is 11.2. The number of hydrogen-bond donors (Lipinski definition) is 2. The molecule has 0 aliphatic carbocycles. The van der Waals surface area contributed by atoms with Crippen molar-refractivity contribution < 1.29 is 14.7 Å². The van der Waals surface area contributed by atoms with E-state index < -0.39 is 5.97 Å². The van der Waals surface area contributed by atoms with Gasteiger partial charge in [0.25, 0.3) is 0 Å². The van der Waals surface area contributed by atoms with E-state index in [1.165, 1.54) is 0 Å². The summed E-state index contributed by atoms with van der Waals surface area (Å²) in [7, 11) is 3.68. The lowest BCUT2D eigenvalue weighted by Crippen LogP contribution is -2.43. The summed E-state index contributed by atoms with van der Waals surface area (Å²) in [6.45, 7) is 13.9. The van der Waals surface area contributed by atoms with Gasteiger partial charge < -0.3 is 15.3 Å². The van der Waals surface area contributed by atoms with Crippen LogP contribution in [0.15, 0.2) is 23.8 Å². The molecule has 0 radical (unpaired) electrons. The van der Waals surface area contributed by atoms with Crippen LogP contribution >= 0.6 is 0 Å². The maximum absolute atomic E-state index is 13.1. The summed E-state index contributed by atoms with van der Waals surface area (Å²) in [5.41, 5.74) is 0.259. The number of carbonyl (C=O) groups is 2. The molecule has 0 saturated carbocycles. The van der Waals surface area contributed by atoms with Crippen molar-refractivity contribution in [3.63, 3.8) is 0 Å². The van der Waals surface area contributed by atoms with E-state index in [-0.39, 0.29) is 41.3 Å². The average molecular weight is 367 g/mol. The lowest BCUT2D eigenvalue weighted by atomic mass is 9.90. The van der Waals surface area contributed by atoms with Gasteiger partial charge >= 0.3 is 5.97 Å². The molecule has 1 amide bonds. The Morgan fingerprint density at radius 3 is 1.85 bits per heavy atom. The topological polar surface area (TPSA) is 69.6 Å². The molecule has 3 atom stereocenters. The molecular weight excluding hydrogens is 328 g/mol. The van der Waals surface area contributed by atoms with Gasteiger partial charge in [-0.1, -0.05) is 59.8 Å². The summed E-state index contributed by atoms with van der Waals surface area (Å²) in [6.07, 6.45) is 5.75. The number of carboxylic acids is 1. The zero-order valence-electron chi connectivity index (χ0n) is 17.9. The Hall–Kier alpha value is -1.62. The van der Waals surface area contributed by atoms with Crippen molar-refractivity contribution in [2.24, 2.45) is 23.7 Å². The quantitative estimate of drug-likeness (QED) is 0.458. The van der Waals surface area contributed by atoms with Crippen LogP contribution in [0.1, 0.15) is 48.5 Å². The number of nitrogens with zero attached hydrogens (tertiary/aromatic N) is 1. The molecule has 26 heavy (non-hydrogen) atoms. The molecule has 2 unspecified atom stereocenters. The summed E-state index contributed by atoms with van der Waals surface area (Å²) < 4.78 is 0. The van der Waals surface area contributed by atoms with E-state index in [0.29, 0.717) is 5.92 Å². The molecule has 5 heteroatoms. The van der Waals surface area contributed by atoms with Crippen LogP contribution in [-0.2, 0) is 9.59 Å². The van der Waals surface area contributed by atoms with Crippen molar-refractivity contribution in [2.45, 2.75) is 60.5 Å². The first-order valence-corrected chi connectivity index (χ1v) is 9.47. The molecule has 150 valence electrons. The first-order chi connectivity index (χ1) is 11.9. The normalized spacial score (nSPS) is 16.4. The third-order valence-corrected chi connectivity index (χ3v) is 4.82. The number of rotatable bonds is 10. The highest BCUT2D eigenvalue weighted by atomic mass is 16.4. The van der Waals surface area contributed by atoms with Crippen LogP contribution in [0, 0.1) is 23.7 Å². The maximum atomic E-state index is 13.1. The Balaban J connectivity index is 5.58. The SMILES string of the molecule is CNC(/C=C/[C@@H](C(=O)N(C)C(/C=C(\C)C(=O)O)C(C)C)C(C)C)C(C)C. The Kier molecular flexibility index (Phi) is 10.5. The third kappa shape index (κ3) is 7.32. The molecule has 0 saturated heterocycles. The summed E-state index contributed by atoms with van der Waals surface area (Å²) in [5.74, 6) is -0.469. The number of carbonyl (C=O) groups excluding carboxylic acids is 1. The van der Waals surface area contributed by atoms with Gasteiger partial charge in [-0.05, 0) is 31.7 Å². The third-order valence-electron chi connectivity index (χ3n) is 4.82. The van der Waals surface area contributed by atoms with Gasteiger partial charge in [0.05, 0.1) is 12.0 Å². The van der Waals surface area contributed by atoms with Gasteiger partial charge in [-0.25, -0.2) is 4.79 Å². The summed E-state index contributed by atoms with van der Waals surface area (Å²) in [6, 6.07) is -0.0390. The van der Waals surface area contributed by atoms with Gasteiger partial charge in [-0.3, -0.25) is 4.79 Å². The lowest BCUT2D eigenvalue weighted by molar-refractivity contribution is -0.136. The van der Waals surface area contributed by atoms with Crippen LogP contribution in [0.3, 0.4) is 0 Å². The Morgan fingerprint density at radius 2 is 1.50 bits per heavy atom. The molecule has 5 nitrogen and oxygen atoms in total. The van der Waals surface area contributed by atoms with Crippen molar-refractivity contribution >= 4 is 11.9 Å². The molecular formula is C21H38N2O3. The number of amides is 1. The molecule has 0 bridgehead atoms. The van der Waals surface area contributed by atoms with Gasteiger partial charge in [0, 0.05) is 18.7 Å². The largest absolute Gasteiger partial charge is 0.478 e. The van der Waals surface area contributed by atoms with Crippen LogP contribution in [0.2, 0.25) is 0 Å². The van der Waals surface area contributed by atoms with E-state index >= 15 is 0 Å². The van der Waals surface area contributed by atoms with Crippen molar-refractivity contribution in [1.29, 1.82) is 0 Å². The molecule has 0 aromatic carbocycles. The molecule has 0 fully saturated rings. The fourth-order valence-corrected chi connectivity index (χ4v) is 2.94. The number of aliphatic carboxylic acids is 1. The Labute approximate surface area is 159 Å². The molecule has 0 spiro atoms. The maximum Gasteiger partial charge on any atom is 0.331 e. The molecule has 0 aliphatic rings. The van der Waals surface area contributed by atoms with Crippen molar-refractivity contribution in [3.05, 3.63) is 23.8 Å². The number of nitrogens with one attached hydrogen (secondary N) is 1. The fourth-order valence-electron chi connectivity index (χ4n) is 2.94. The minimum absolute atomic E-state index is 0.0167. The monoisotopic (exact) mass is 366 g/mol. The standard InChI is InChI=1S/C21H38N2O3/c1-13(2)17(10-11-18(22-8)14(3)4)20(24)23(9)19(15(5)6)12-16(7)21(25)26/h10-15,17-19,22H,1-9H3,(H,25,26)/b11-10+,16-12+/t17-,18?,19?/m1/s1. The van der Waals surface area contributed by atoms with E-state index in [1.807, 2.05) is 40.8 Å². The summed E-state index contributed by atoms with van der Waals surface area (Å²) in [5, 5.41) is 12.4. The molecule has 0 aliphatic heterocycles. The number of hydrogen-bond acceptors (Lipinski definition) is 3. The average Bonchev–Trinajstić information content (AvgIpc) is 2.53. The Bertz CT molecular complexity index is 521. The molecule has 0 aromatic rings. The van der Waals surface area contributed by atoms with Gasteiger partial charge in [0.2, 0.25) is 5.91 Å². The van der Waals surface area contributed by atoms with E-state index in [9.17, 15) is 9.59 Å². The van der Waals surface area contributed by atoms with Crippen LogP contribution < -0.4 is 5.32 Å². The van der Waals surface area contributed by atoms with Crippen LogP contribution in [0.4, 0.5) is 0 Å². The highest BCUT2D eigenvalue weighted by Crippen LogP contribution is 2.21. The molecule has 0 heterocycles. The molecule has 0 aromatic heterocycles. The predicted molar refractivity (Wildman–Crippen MR) is 108 cm³/mol. The second-order valence-corrected chi connectivity index (χ2v) is 8.05. The fraction of sp³-hybridized carbons (Fsp3) is 0.714. The smallest absolute Gasteiger partial charge is 0.331 e. The highest BCUT2D eigenvalue weighted by Gasteiger charge is 2.28. The van der Waals surface area contributed by atoms with Gasteiger partial charge in [-0.15, -0.1) is 0 Å². The number of likely N-dealkylation sites (N-methyl/N-ethyl adjacent to an activating group) is 2. The van der Waals surface area contributed by atoms with Crippen molar-refractivity contribution in [2.75, 3.05) is 14.1 Å². The van der Waals surface area contributed by atoms with Gasteiger partial charge in [0.1, 0.15) is 0 Å². The second-order valence-electron chi connectivity index (χ2n) is 8.05.